The van der Waals surface area contributed by atoms with Crippen LogP contribution in [0.25, 0.3) is 9.88 Å². The molecule has 29 heavy (non-hydrogen) atoms. The summed E-state index contributed by atoms with van der Waals surface area (Å²) in [6.07, 6.45) is -4.62. The molecular formula is C17H14F3N3O3S3. The Hall–Kier alpha value is -2.28. The maximum Gasteiger partial charge on any atom is 0.402 e. The minimum absolute atomic E-state index is 0.0368. The number of aromatic nitrogens is 1. The number of benzene rings is 1. The summed E-state index contributed by atoms with van der Waals surface area (Å²) in [5.41, 5.74) is 0.921. The van der Waals surface area contributed by atoms with E-state index in [0.717, 1.165) is 22.0 Å². The molecule has 2 N–H and O–H groups in total. The normalized spacial score (nSPS) is 12.1. The van der Waals surface area contributed by atoms with Gasteiger partial charge in [-0.25, -0.2) is 18.1 Å². The van der Waals surface area contributed by atoms with E-state index < -0.39 is 22.7 Å². The van der Waals surface area contributed by atoms with Crippen molar-refractivity contribution < 1.29 is 26.4 Å². The van der Waals surface area contributed by atoms with Crippen LogP contribution in [0, 0.1) is 0 Å². The largest absolute Gasteiger partial charge is 0.402 e. The molecule has 154 valence electrons. The van der Waals surface area contributed by atoms with Crippen molar-refractivity contribution in [2.24, 2.45) is 0 Å². The third-order valence-electron chi connectivity index (χ3n) is 3.54. The van der Waals surface area contributed by atoms with Gasteiger partial charge in [-0.3, -0.25) is 4.79 Å². The summed E-state index contributed by atoms with van der Waals surface area (Å²) >= 11 is 2.98. The van der Waals surface area contributed by atoms with E-state index in [9.17, 15) is 26.4 Å². The van der Waals surface area contributed by atoms with Crippen LogP contribution in [0.2, 0.25) is 0 Å². The van der Waals surface area contributed by atoms with Crippen LogP contribution in [-0.4, -0.2) is 32.0 Å². The number of hydrogen-bond acceptors (Lipinski definition) is 6. The molecule has 0 fully saturated rings. The van der Waals surface area contributed by atoms with Gasteiger partial charge in [0.1, 0.15) is 11.6 Å². The SMILES string of the molecule is O=C(Cc1csc(-c2cccs2)n1)Nc1ccc(S(=O)(=O)NCC(F)(F)F)cc1. The van der Waals surface area contributed by atoms with Gasteiger partial charge in [0.05, 0.1) is 21.9 Å². The highest BCUT2D eigenvalue weighted by Gasteiger charge is 2.30. The van der Waals surface area contributed by atoms with Crippen LogP contribution in [0.3, 0.4) is 0 Å². The fourth-order valence-corrected chi connectivity index (χ4v) is 4.90. The minimum Gasteiger partial charge on any atom is -0.326 e. The lowest BCUT2D eigenvalue weighted by atomic mass is 10.3. The number of alkyl halides is 3. The predicted octanol–water partition coefficient (Wildman–Crippen LogP) is 3.89. The molecule has 0 saturated heterocycles. The standard InChI is InChI=1S/C17H14F3N3O3S3/c18-17(19,20)10-21-29(25,26)13-5-3-11(4-6-13)22-15(24)8-12-9-28-16(23-12)14-2-1-7-27-14/h1-7,9,21H,8,10H2,(H,22,24). The van der Waals surface area contributed by atoms with E-state index in [1.54, 1.807) is 16.7 Å². The number of nitrogens with one attached hydrogen (secondary N) is 2. The smallest absolute Gasteiger partial charge is 0.326 e. The molecule has 1 aromatic carbocycles. The zero-order valence-corrected chi connectivity index (χ0v) is 17.0. The molecule has 0 bridgehead atoms. The maximum absolute atomic E-state index is 12.2. The molecule has 0 aliphatic carbocycles. The van der Waals surface area contributed by atoms with Crippen LogP contribution >= 0.6 is 22.7 Å². The molecule has 2 aromatic heterocycles. The zero-order chi connectivity index (χ0) is 21.1. The van der Waals surface area contributed by atoms with Crippen molar-refractivity contribution >= 4 is 44.3 Å². The Labute approximate surface area is 172 Å². The van der Waals surface area contributed by atoms with Crippen molar-refractivity contribution in [3.05, 3.63) is 52.9 Å². The van der Waals surface area contributed by atoms with Crippen LogP contribution in [0.4, 0.5) is 18.9 Å². The van der Waals surface area contributed by atoms with Crippen molar-refractivity contribution in [1.82, 2.24) is 9.71 Å². The third-order valence-corrected chi connectivity index (χ3v) is 6.88. The third kappa shape index (κ3) is 6.10. The number of nitrogens with zero attached hydrogens (tertiary/aromatic N) is 1. The van der Waals surface area contributed by atoms with Crippen LogP contribution in [-0.2, 0) is 21.2 Å². The fraction of sp³-hybridized carbons (Fsp3) is 0.176. The Balaban J connectivity index is 1.59. The van der Waals surface area contributed by atoms with Gasteiger partial charge in [0.2, 0.25) is 15.9 Å². The number of anilines is 1. The maximum atomic E-state index is 12.2. The van der Waals surface area contributed by atoms with Crippen LogP contribution in [0.1, 0.15) is 5.69 Å². The predicted molar refractivity (Wildman–Crippen MR) is 105 cm³/mol. The van der Waals surface area contributed by atoms with E-state index in [4.69, 9.17) is 0 Å². The van der Waals surface area contributed by atoms with Gasteiger partial charge in [0.15, 0.2) is 0 Å². The highest BCUT2D eigenvalue weighted by atomic mass is 32.2. The first-order chi connectivity index (χ1) is 13.6. The van der Waals surface area contributed by atoms with E-state index in [0.29, 0.717) is 11.4 Å². The summed E-state index contributed by atoms with van der Waals surface area (Å²) in [6, 6.07) is 8.69. The van der Waals surface area contributed by atoms with E-state index in [-0.39, 0.29) is 17.2 Å². The van der Waals surface area contributed by atoms with E-state index in [1.165, 1.54) is 28.2 Å². The lowest BCUT2D eigenvalue weighted by Gasteiger charge is -2.10. The van der Waals surface area contributed by atoms with Crippen molar-refractivity contribution in [2.45, 2.75) is 17.5 Å². The molecular weight excluding hydrogens is 447 g/mol. The molecule has 0 aliphatic heterocycles. The molecule has 1 amide bonds. The Morgan fingerprint density at radius 3 is 2.45 bits per heavy atom. The van der Waals surface area contributed by atoms with Gasteiger partial charge in [-0.2, -0.15) is 13.2 Å². The van der Waals surface area contributed by atoms with Crippen molar-refractivity contribution in [1.29, 1.82) is 0 Å². The van der Waals surface area contributed by atoms with Crippen LogP contribution < -0.4 is 10.0 Å². The molecule has 0 aliphatic rings. The molecule has 3 aromatic rings. The summed E-state index contributed by atoms with van der Waals surface area (Å²) < 4.78 is 61.7. The van der Waals surface area contributed by atoms with E-state index >= 15 is 0 Å². The summed E-state index contributed by atoms with van der Waals surface area (Å²) in [5, 5.41) is 7.15. The molecule has 0 atom stereocenters. The molecule has 0 radical (unpaired) electrons. The first-order valence-corrected chi connectivity index (χ1v) is 11.3. The number of hydrogen-bond donors (Lipinski definition) is 2. The van der Waals surface area contributed by atoms with Gasteiger partial charge in [0, 0.05) is 11.1 Å². The lowest BCUT2D eigenvalue weighted by Crippen LogP contribution is -2.33. The van der Waals surface area contributed by atoms with Gasteiger partial charge in [0.25, 0.3) is 0 Å². The second kappa shape index (κ2) is 8.61. The number of carbonyl (C=O) groups is 1. The molecule has 12 heteroatoms. The summed E-state index contributed by atoms with van der Waals surface area (Å²) in [4.78, 5) is 17.3. The van der Waals surface area contributed by atoms with Gasteiger partial charge in [-0.1, -0.05) is 6.07 Å². The number of sulfonamides is 1. The second-order valence-corrected chi connectivity index (χ2v) is 9.38. The quantitative estimate of drug-likeness (QED) is 0.559. The average molecular weight is 462 g/mol. The topological polar surface area (TPSA) is 88.2 Å². The first kappa shape index (κ1) is 21.4. The Kier molecular flexibility index (Phi) is 6.36. The molecule has 3 rings (SSSR count). The summed E-state index contributed by atoms with van der Waals surface area (Å²) in [6.45, 7) is -1.66. The number of thiophene rings is 1. The van der Waals surface area contributed by atoms with Crippen molar-refractivity contribution in [2.75, 3.05) is 11.9 Å². The minimum atomic E-state index is -4.65. The number of thiazole rings is 1. The summed E-state index contributed by atoms with van der Waals surface area (Å²) in [7, 11) is -4.30. The van der Waals surface area contributed by atoms with Gasteiger partial charge in [-0.05, 0) is 35.7 Å². The van der Waals surface area contributed by atoms with Crippen LogP contribution in [0.15, 0.2) is 52.1 Å². The van der Waals surface area contributed by atoms with Gasteiger partial charge in [-0.15, -0.1) is 22.7 Å². The van der Waals surface area contributed by atoms with E-state index in [2.05, 4.69) is 10.3 Å². The molecule has 0 spiro atoms. The molecule has 0 saturated carbocycles. The fourth-order valence-electron chi connectivity index (χ4n) is 2.25. The monoisotopic (exact) mass is 461 g/mol. The molecule has 6 nitrogen and oxygen atoms in total. The summed E-state index contributed by atoms with van der Waals surface area (Å²) in [5.74, 6) is -0.348. The highest BCUT2D eigenvalue weighted by Crippen LogP contribution is 2.28. The van der Waals surface area contributed by atoms with Crippen molar-refractivity contribution in [3.63, 3.8) is 0 Å². The molecule has 0 unspecified atom stereocenters. The molecule has 2 heterocycles. The Morgan fingerprint density at radius 2 is 1.83 bits per heavy atom. The van der Waals surface area contributed by atoms with E-state index in [1.807, 2.05) is 17.5 Å². The first-order valence-electron chi connectivity index (χ1n) is 8.07. The number of carbonyl (C=O) groups excluding carboxylic acids is 1. The highest BCUT2D eigenvalue weighted by molar-refractivity contribution is 7.89. The number of amides is 1. The zero-order valence-electron chi connectivity index (χ0n) is 14.6. The van der Waals surface area contributed by atoms with Crippen LogP contribution in [0.5, 0.6) is 0 Å². The Morgan fingerprint density at radius 1 is 1.10 bits per heavy atom. The lowest BCUT2D eigenvalue weighted by molar-refractivity contribution is -0.121. The van der Waals surface area contributed by atoms with Gasteiger partial charge >= 0.3 is 6.18 Å². The van der Waals surface area contributed by atoms with Crippen molar-refractivity contribution in [3.8, 4) is 9.88 Å². The van der Waals surface area contributed by atoms with Gasteiger partial charge < -0.3 is 5.32 Å². The Bertz CT molecular complexity index is 1080. The number of halogens is 3. The second-order valence-electron chi connectivity index (χ2n) is 5.81. The average Bonchev–Trinajstić information content (AvgIpc) is 3.31. The number of rotatable bonds is 7.